The molecule has 135 heavy (non-hydrogen) atoms. The van der Waals surface area contributed by atoms with Crippen molar-refractivity contribution < 1.29 is 152 Å². The minimum Gasteiger partial charge on any atom is -0.393 e. The van der Waals surface area contributed by atoms with Crippen LogP contribution >= 0.6 is 0 Å². The van der Waals surface area contributed by atoms with E-state index in [-0.39, 0.29) is 141 Å². The average molecular weight is 1930 g/mol. The molecule has 12 rings (SSSR count). The van der Waals surface area contributed by atoms with Crippen molar-refractivity contribution in [3.05, 3.63) is 0 Å². The molecule has 12 aliphatic heterocycles. The van der Waals surface area contributed by atoms with Crippen LogP contribution in [0.1, 0.15) is 380 Å². The van der Waals surface area contributed by atoms with E-state index >= 15 is 0 Å². The van der Waals surface area contributed by atoms with Gasteiger partial charge in [-0.3, -0.25) is 24.0 Å². The molecule has 786 valence electrons. The number of rotatable bonds is 44. The minimum atomic E-state index is -1.13. The Kier molecular flexibility index (Phi) is 46.9. The second kappa shape index (κ2) is 53.2. The molecule has 0 aliphatic carbocycles. The molecule has 32 heteroatoms. The normalized spacial score (nSPS) is 39.6. The van der Waals surface area contributed by atoms with Gasteiger partial charge in [0.15, 0.2) is 69.4 Å². The van der Waals surface area contributed by atoms with Gasteiger partial charge in [0, 0.05) is 51.9 Å². The van der Waals surface area contributed by atoms with Crippen LogP contribution in [0.15, 0.2) is 0 Å². The number of aliphatic hydroxyl groups is 1. The number of unbranched alkanes of at least 4 members (excludes halogenated alkanes) is 11. The molecule has 22 atom stereocenters. The molecule has 12 heterocycles. The molecule has 0 spiro atoms. The average Bonchev–Trinajstić information content (AvgIpc) is 1.61. The predicted molar refractivity (Wildman–Crippen MR) is 503 cm³/mol. The summed E-state index contributed by atoms with van der Waals surface area (Å²) in [6, 6.07) is 0. The van der Waals surface area contributed by atoms with Gasteiger partial charge in [0.1, 0.15) is 102 Å². The highest BCUT2D eigenvalue weighted by atomic mass is 16.8. The van der Waals surface area contributed by atoms with Gasteiger partial charge in [-0.25, -0.2) is 0 Å². The standard InChI is InChI=1S/C31H56O7.C22H40O6.C20H32O8.C15H26O6.C14H24O5.CH4/c1-7-9-11-13-15-17-19-29(4)33-22-25(35-29)27-28(26-23-34-31(6,36-26)21-24(3)32)38-30(5,37-27)20-18-16-14-12-10-8-2;1-6-7-8-17(24)13-19-15-20(14-18-10-12-25-21(3,4)26-18)28-22(5,27-19)11-9-16(2)23;1-7-18(4)27-16(14-10-23-19(5,25-14)8-12(2)21)17(28-18)15-11-24-20(6,26-15)9-13(3)22;1-5-14(3)17-7-12(8-18-14)21-13-9-19-15(4,20-10-13)6-11(2)16;1-9(2)6-13(4)16-7-11(18-13)12-8-17-14(5,19-12)10(3)15;/h25-28H,7-23H2,1-6H3;17-20,24H,6-15H2,1-5H3;14-17H,7-11H2,1-6H3;12-13H,5-10H2,1-4H3;9,11-12H,6-8H2,1-5H3;1H4. The second-order valence-electron chi connectivity index (χ2n) is 42.4. The highest BCUT2D eigenvalue weighted by molar-refractivity contribution is 5.83. The largest absolute Gasteiger partial charge is 0.393 e. The summed E-state index contributed by atoms with van der Waals surface area (Å²) >= 11 is 0. The Balaban J connectivity index is 0.000000234. The second-order valence-corrected chi connectivity index (χ2v) is 42.4. The molecule has 0 aromatic heterocycles. The van der Waals surface area contributed by atoms with E-state index in [0.29, 0.717) is 104 Å². The van der Waals surface area contributed by atoms with Crippen molar-refractivity contribution >= 4 is 34.7 Å². The van der Waals surface area contributed by atoms with Crippen LogP contribution in [0.3, 0.4) is 0 Å². The number of hydrogen-bond acceptors (Lipinski definition) is 32. The lowest BCUT2D eigenvalue weighted by Crippen LogP contribution is -2.50. The van der Waals surface area contributed by atoms with Crippen LogP contribution in [0.4, 0.5) is 0 Å². The van der Waals surface area contributed by atoms with E-state index in [1.807, 2.05) is 69.2 Å². The maximum absolute atomic E-state index is 11.8. The summed E-state index contributed by atoms with van der Waals surface area (Å²) in [6.45, 7) is 53.3. The van der Waals surface area contributed by atoms with Gasteiger partial charge in [0.05, 0.1) is 123 Å². The molecule has 1 N–H and O–H groups in total. The van der Waals surface area contributed by atoms with Gasteiger partial charge in [-0.15, -0.1) is 0 Å². The zero-order chi connectivity index (χ0) is 98.9. The first-order valence-corrected chi connectivity index (χ1v) is 50.9. The van der Waals surface area contributed by atoms with Gasteiger partial charge >= 0.3 is 0 Å². The number of ketones is 6. The van der Waals surface area contributed by atoms with Gasteiger partial charge in [-0.2, -0.15) is 0 Å². The molecule has 12 saturated heterocycles. The number of aliphatic hydroxyl groups excluding tert-OH is 1. The molecule has 0 saturated carbocycles. The third-order valence-corrected chi connectivity index (χ3v) is 27.0. The van der Waals surface area contributed by atoms with Crippen molar-refractivity contribution in [2.75, 3.05) is 72.7 Å². The molecular formula is C103H182O32. The first-order valence-electron chi connectivity index (χ1n) is 50.9. The van der Waals surface area contributed by atoms with Gasteiger partial charge < -0.3 is 128 Å². The first kappa shape index (κ1) is 119. The lowest BCUT2D eigenvalue weighted by Gasteiger charge is -2.45. The molecule has 32 nitrogen and oxygen atoms in total. The molecule has 0 aromatic rings. The fraction of sp³-hybridized carbons (Fsp3) is 0.942. The van der Waals surface area contributed by atoms with E-state index in [0.717, 1.165) is 77.0 Å². The van der Waals surface area contributed by atoms with Crippen molar-refractivity contribution in [2.24, 2.45) is 5.92 Å². The maximum atomic E-state index is 11.8. The van der Waals surface area contributed by atoms with Crippen molar-refractivity contribution in [3.8, 4) is 0 Å². The zero-order valence-corrected chi connectivity index (χ0v) is 86.9. The Labute approximate surface area is 809 Å². The van der Waals surface area contributed by atoms with Crippen molar-refractivity contribution in [1.82, 2.24) is 0 Å². The van der Waals surface area contributed by atoms with Gasteiger partial charge in [0.25, 0.3) is 0 Å². The number of carbonyl (C=O) groups excluding carboxylic acids is 6. The SMILES string of the molecule is C.CC(=O)C1(C)OCC(C2COC(C)(CC(C)C)O2)O1.CCC1(C)OC(C2COC(C)(CC(C)=O)O2)C(C2COC(C)(CC(C)=O)O2)O1.CCC1(C)OCC(OC2COC(C)(CC(C)=O)OC2)CO1.CCCCC(O)CC1CC(CC2CCOC(C)(C)O2)OC(C)(CCC(C)=O)O1.CCCCCCCCC1(C)OCC(C2OC(C)(CCCCCCCC)OC2C2COC(C)(CC(C)=O)O2)O1. The third-order valence-electron chi connectivity index (χ3n) is 27.0. The lowest BCUT2D eigenvalue weighted by atomic mass is 9.95. The van der Waals surface area contributed by atoms with Crippen molar-refractivity contribution in [1.29, 1.82) is 0 Å². The summed E-state index contributed by atoms with van der Waals surface area (Å²) in [5.41, 5.74) is 0. The van der Waals surface area contributed by atoms with Crippen LogP contribution in [0.2, 0.25) is 0 Å². The quantitative estimate of drug-likeness (QED) is 0.0554. The summed E-state index contributed by atoms with van der Waals surface area (Å²) in [6.07, 6.45) is 22.4. The summed E-state index contributed by atoms with van der Waals surface area (Å²) in [5.74, 6) is -8.76. The van der Waals surface area contributed by atoms with Crippen LogP contribution in [0.25, 0.3) is 0 Å². The highest BCUT2D eigenvalue weighted by Crippen LogP contribution is 2.47. The zero-order valence-electron chi connectivity index (χ0n) is 86.9. The minimum absolute atomic E-state index is 0. The molecule has 0 amide bonds. The molecule has 0 aromatic carbocycles. The maximum Gasteiger partial charge on any atom is 0.226 e. The Morgan fingerprint density at radius 3 is 1.13 bits per heavy atom. The number of carbonyl (C=O) groups is 6. The predicted octanol–water partition coefficient (Wildman–Crippen LogP) is 17.6. The smallest absolute Gasteiger partial charge is 0.226 e. The molecule has 12 fully saturated rings. The van der Waals surface area contributed by atoms with E-state index in [1.165, 1.54) is 91.9 Å². The monoisotopic (exact) mass is 1930 g/mol. The van der Waals surface area contributed by atoms with Crippen molar-refractivity contribution in [2.45, 2.75) is 547 Å². The summed E-state index contributed by atoms with van der Waals surface area (Å²) in [4.78, 5) is 69.0. The topological polar surface area (TPSA) is 353 Å². The van der Waals surface area contributed by atoms with E-state index in [9.17, 15) is 33.9 Å². The summed E-state index contributed by atoms with van der Waals surface area (Å²) < 4.78 is 150. The number of hydrogen-bond donors (Lipinski definition) is 1. The summed E-state index contributed by atoms with van der Waals surface area (Å²) in [5, 5.41) is 10.4. The van der Waals surface area contributed by atoms with E-state index in [2.05, 4.69) is 41.5 Å². The summed E-state index contributed by atoms with van der Waals surface area (Å²) in [7, 11) is 0. The van der Waals surface area contributed by atoms with Crippen molar-refractivity contribution in [3.63, 3.8) is 0 Å². The van der Waals surface area contributed by atoms with Crippen LogP contribution in [-0.2, 0) is 147 Å². The Bertz CT molecular complexity index is 3520. The number of Topliss-reactive ketones (excluding diaryl/α,β-unsaturated/α-hetero) is 6. The van der Waals surface area contributed by atoms with E-state index in [1.54, 1.807) is 41.5 Å². The Hall–Kier alpha value is -3.02. The van der Waals surface area contributed by atoms with Crippen LogP contribution < -0.4 is 0 Å². The molecular weight excluding hydrogens is 1750 g/mol. The van der Waals surface area contributed by atoms with Gasteiger partial charge in [-0.1, -0.05) is 133 Å². The van der Waals surface area contributed by atoms with E-state index < -0.39 is 93.9 Å². The Morgan fingerprint density at radius 2 is 0.704 bits per heavy atom. The molecule has 22 unspecified atom stereocenters. The fourth-order valence-electron chi connectivity index (χ4n) is 19.6. The van der Waals surface area contributed by atoms with Crippen LogP contribution in [0.5, 0.6) is 0 Å². The number of ether oxygens (including phenoxy) is 25. The first-order chi connectivity index (χ1) is 62.8. The van der Waals surface area contributed by atoms with E-state index in [4.69, 9.17) is 118 Å². The fourth-order valence-corrected chi connectivity index (χ4v) is 19.6. The van der Waals surface area contributed by atoms with Gasteiger partial charge in [-0.05, 0) is 175 Å². The molecule has 12 aliphatic rings. The van der Waals surface area contributed by atoms with Crippen LogP contribution in [-0.4, -0.2) is 280 Å². The lowest BCUT2D eigenvalue weighted by molar-refractivity contribution is -0.326. The van der Waals surface area contributed by atoms with Gasteiger partial charge in [0.2, 0.25) is 5.79 Å². The highest BCUT2D eigenvalue weighted by Gasteiger charge is 2.60. The third kappa shape index (κ3) is 38.5. The molecule has 0 bridgehead atoms. The molecule has 0 radical (unpaired) electrons. The Morgan fingerprint density at radius 1 is 0.341 bits per heavy atom. The van der Waals surface area contributed by atoms with Crippen LogP contribution in [0, 0.1) is 5.92 Å².